The van der Waals surface area contributed by atoms with Crippen molar-refractivity contribution in [2.75, 3.05) is 19.8 Å². The molecule has 1 aromatic rings. The topological polar surface area (TPSA) is 64.8 Å². The van der Waals surface area contributed by atoms with Gasteiger partial charge in [-0.15, -0.1) is 11.3 Å². The Labute approximate surface area is 137 Å². The summed E-state index contributed by atoms with van der Waals surface area (Å²) >= 11 is 5.07. The van der Waals surface area contributed by atoms with Gasteiger partial charge in [-0.25, -0.2) is 4.79 Å². The number of carbonyl (C=O) groups is 1. The van der Waals surface area contributed by atoms with Crippen molar-refractivity contribution in [2.24, 2.45) is 5.73 Å². The van der Waals surface area contributed by atoms with Gasteiger partial charge in [0.2, 0.25) is 0 Å². The number of thiophene rings is 1. The van der Waals surface area contributed by atoms with Crippen LogP contribution in [0.2, 0.25) is 0 Å². The minimum Gasteiger partial charge on any atom is -0.444 e. The molecule has 2 rings (SSSR count). The maximum atomic E-state index is 12.4. The number of ether oxygens (including phenoxy) is 2. The molecule has 1 aromatic heterocycles. The van der Waals surface area contributed by atoms with Crippen LogP contribution in [0.15, 0.2) is 15.9 Å². The Morgan fingerprint density at radius 3 is 2.90 bits per heavy atom. The number of nitrogens with zero attached hydrogens (tertiary/aromatic N) is 1. The molecule has 0 aliphatic carbocycles. The number of amides is 1. The summed E-state index contributed by atoms with van der Waals surface area (Å²) in [5, 5.41) is 1.97. The summed E-state index contributed by atoms with van der Waals surface area (Å²) in [6.45, 7) is 7.00. The molecule has 5 nitrogen and oxygen atoms in total. The fourth-order valence-electron chi connectivity index (χ4n) is 2.19. The van der Waals surface area contributed by atoms with E-state index >= 15 is 0 Å². The number of hydrogen-bond acceptors (Lipinski definition) is 5. The summed E-state index contributed by atoms with van der Waals surface area (Å²) in [6, 6.07) is 1.44. The van der Waals surface area contributed by atoms with Crippen molar-refractivity contribution >= 4 is 33.4 Å². The van der Waals surface area contributed by atoms with Crippen LogP contribution < -0.4 is 5.73 Å². The van der Waals surface area contributed by atoms with Crippen LogP contribution in [0.4, 0.5) is 4.79 Å². The molecule has 2 N–H and O–H groups in total. The van der Waals surface area contributed by atoms with E-state index < -0.39 is 5.60 Å². The van der Waals surface area contributed by atoms with E-state index in [2.05, 4.69) is 15.9 Å². The first-order chi connectivity index (χ1) is 9.79. The second-order valence-corrected chi connectivity index (χ2v) is 7.78. The van der Waals surface area contributed by atoms with Gasteiger partial charge < -0.3 is 15.2 Å². The van der Waals surface area contributed by atoms with Crippen LogP contribution in [-0.2, 0) is 9.47 Å². The summed E-state index contributed by atoms with van der Waals surface area (Å²) in [5.74, 6) is 0. The molecule has 2 atom stereocenters. The third-order valence-corrected chi connectivity index (χ3v) is 5.13. The standard InChI is InChI=1S/C14H21BrN2O3S/c1-14(2,3)20-13(18)17-5-6-19-8-10(17)11(16)12-9(15)4-7-21-12/h4,7,10-11H,5-6,8,16H2,1-3H3. The Morgan fingerprint density at radius 1 is 1.62 bits per heavy atom. The van der Waals surface area contributed by atoms with Gasteiger partial charge in [-0.2, -0.15) is 0 Å². The Morgan fingerprint density at radius 2 is 2.33 bits per heavy atom. The van der Waals surface area contributed by atoms with Crippen LogP contribution in [0.5, 0.6) is 0 Å². The average Bonchev–Trinajstić information content (AvgIpc) is 2.82. The zero-order valence-corrected chi connectivity index (χ0v) is 14.9. The predicted octanol–water partition coefficient (Wildman–Crippen LogP) is 3.15. The van der Waals surface area contributed by atoms with Gasteiger partial charge in [-0.05, 0) is 48.1 Å². The Hall–Kier alpha value is -0.630. The molecule has 7 heteroatoms. The summed E-state index contributed by atoms with van der Waals surface area (Å²) in [5.41, 5.74) is 5.84. The third-order valence-electron chi connectivity index (χ3n) is 3.16. The second-order valence-electron chi connectivity index (χ2n) is 5.97. The van der Waals surface area contributed by atoms with Crippen LogP contribution in [-0.4, -0.2) is 42.4 Å². The number of rotatable bonds is 2. The van der Waals surface area contributed by atoms with E-state index in [9.17, 15) is 4.79 Å². The fourth-order valence-corrected chi connectivity index (χ4v) is 3.88. The van der Waals surface area contributed by atoms with Gasteiger partial charge in [0.1, 0.15) is 5.60 Å². The normalized spacial score (nSPS) is 21.2. The zero-order valence-electron chi connectivity index (χ0n) is 12.5. The van der Waals surface area contributed by atoms with Crippen molar-refractivity contribution in [1.82, 2.24) is 4.90 Å². The van der Waals surface area contributed by atoms with Crippen LogP contribution in [0.25, 0.3) is 0 Å². The van der Waals surface area contributed by atoms with Crippen molar-refractivity contribution in [3.63, 3.8) is 0 Å². The monoisotopic (exact) mass is 376 g/mol. The zero-order chi connectivity index (χ0) is 15.6. The van der Waals surface area contributed by atoms with Crippen LogP contribution >= 0.6 is 27.3 Å². The van der Waals surface area contributed by atoms with Gasteiger partial charge >= 0.3 is 6.09 Å². The molecule has 0 aromatic carbocycles. The molecule has 0 radical (unpaired) electrons. The number of nitrogens with two attached hydrogens (primary N) is 1. The molecule has 1 saturated heterocycles. The largest absolute Gasteiger partial charge is 0.444 e. The maximum Gasteiger partial charge on any atom is 0.410 e. The van der Waals surface area contributed by atoms with E-state index in [-0.39, 0.29) is 18.2 Å². The summed E-state index contributed by atoms with van der Waals surface area (Å²) in [6.07, 6.45) is -0.334. The van der Waals surface area contributed by atoms with Crippen molar-refractivity contribution in [3.05, 3.63) is 20.8 Å². The molecule has 1 aliphatic rings. The van der Waals surface area contributed by atoms with Gasteiger partial charge in [-0.1, -0.05) is 0 Å². The Balaban J connectivity index is 2.15. The lowest BCUT2D eigenvalue weighted by Gasteiger charge is -2.39. The fraction of sp³-hybridized carbons (Fsp3) is 0.643. The minimum atomic E-state index is -0.520. The second kappa shape index (κ2) is 6.64. The number of halogens is 1. The van der Waals surface area contributed by atoms with Gasteiger partial charge in [0.05, 0.1) is 25.3 Å². The first kappa shape index (κ1) is 16.7. The van der Waals surface area contributed by atoms with Crippen molar-refractivity contribution in [1.29, 1.82) is 0 Å². The molecule has 1 aliphatic heterocycles. The lowest BCUT2D eigenvalue weighted by Crippen LogP contribution is -2.54. The molecule has 0 spiro atoms. The van der Waals surface area contributed by atoms with E-state index in [1.807, 2.05) is 32.2 Å². The lowest BCUT2D eigenvalue weighted by atomic mass is 10.1. The molecule has 21 heavy (non-hydrogen) atoms. The van der Waals surface area contributed by atoms with Gasteiger partial charge in [0, 0.05) is 15.9 Å². The lowest BCUT2D eigenvalue weighted by molar-refractivity contribution is -0.0380. The molecular formula is C14H21BrN2O3S. The molecule has 2 heterocycles. The SMILES string of the molecule is CC(C)(C)OC(=O)N1CCOCC1C(N)c1sccc1Br. The quantitative estimate of drug-likeness (QED) is 0.860. The van der Waals surface area contributed by atoms with E-state index in [4.69, 9.17) is 15.2 Å². The van der Waals surface area contributed by atoms with Gasteiger partial charge in [0.15, 0.2) is 0 Å². The molecular weight excluding hydrogens is 356 g/mol. The number of morpholine rings is 1. The molecule has 0 saturated carbocycles. The first-order valence-electron chi connectivity index (χ1n) is 6.85. The number of hydrogen-bond donors (Lipinski definition) is 1. The van der Waals surface area contributed by atoms with Gasteiger partial charge in [0.25, 0.3) is 0 Å². The summed E-state index contributed by atoms with van der Waals surface area (Å²) in [4.78, 5) is 15.1. The molecule has 118 valence electrons. The number of carbonyl (C=O) groups excluding carboxylic acids is 1. The van der Waals surface area contributed by atoms with Crippen LogP contribution in [0.3, 0.4) is 0 Å². The van der Waals surface area contributed by atoms with Crippen molar-refractivity contribution in [3.8, 4) is 0 Å². The van der Waals surface area contributed by atoms with E-state index in [0.29, 0.717) is 19.8 Å². The molecule has 2 unspecified atom stereocenters. The highest BCUT2D eigenvalue weighted by Gasteiger charge is 2.36. The van der Waals surface area contributed by atoms with Crippen molar-refractivity contribution in [2.45, 2.75) is 38.5 Å². The summed E-state index contributed by atoms with van der Waals surface area (Å²) < 4.78 is 12.0. The highest BCUT2D eigenvalue weighted by atomic mass is 79.9. The minimum absolute atomic E-state index is 0.219. The molecule has 1 fully saturated rings. The highest BCUT2D eigenvalue weighted by molar-refractivity contribution is 9.10. The van der Waals surface area contributed by atoms with Crippen molar-refractivity contribution < 1.29 is 14.3 Å². The average molecular weight is 377 g/mol. The highest BCUT2D eigenvalue weighted by Crippen LogP contribution is 2.32. The molecule has 0 bridgehead atoms. The maximum absolute atomic E-state index is 12.4. The van der Waals surface area contributed by atoms with E-state index in [1.54, 1.807) is 16.2 Å². The Kier molecular flexibility index (Phi) is 5.29. The molecule has 1 amide bonds. The van der Waals surface area contributed by atoms with E-state index in [1.165, 1.54) is 0 Å². The first-order valence-corrected chi connectivity index (χ1v) is 8.52. The van der Waals surface area contributed by atoms with E-state index in [0.717, 1.165) is 9.35 Å². The Bertz CT molecular complexity index is 501. The predicted molar refractivity (Wildman–Crippen MR) is 86.5 cm³/mol. The van der Waals surface area contributed by atoms with Gasteiger partial charge in [-0.3, -0.25) is 4.90 Å². The third kappa shape index (κ3) is 4.18. The summed E-state index contributed by atoms with van der Waals surface area (Å²) in [7, 11) is 0. The smallest absolute Gasteiger partial charge is 0.410 e. The van der Waals surface area contributed by atoms with Crippen LogP contribution in [0, 0.1) is 0 Å². The van der Waals surface area contributed by atoms with Crippen LogP contribution in [0.1, 0.15) is 31.7 Å².